The van der Waals surface area contributed by atoms with Gasteiger partial charge in [-0.15, -0.1) is 0 Å². The molecule has 1 aliphatic carbocycles. The van der Waals surface area contributed by atoms with Crippen LogP contribution in [0.4, 0.5) is 5.82 Å². The molecule has 0 amide bonds. The number of piperazine rings is 1. The van der Waals surface area contributed by atoms with Crippen molar-refractivity contribution in [3.63, 3.8) is 0 Å². The van der Waals surface area contributed by atoms with Crippen molar-refractivity contribution in [3.8, 4) is 6.07 Å². The summed E-state index contributed by atoms with van der Waals surface area (Å²) in [4.78, 5) is 14.3. The van der Waals surface area contributed by atoms with Gasteiger partial charge in [-0.1, -0.05) is 12.1 Å². The number of fused-ring (bicyclic) bond motifs is 1. The molecule has 2 heterocycles. The van der Waals surface area contributed by atoms with E-state index in [4.69, 9.17) is 10.2 Å². The molecule has 0 spiro atoms. The van der Waals surface area contributed by atoms with Crippen molar-refractivity contribution in [2.45, 2.75) is 32.7 Å². The number of rotatable bonds is 3. The van der Waals surface area contributed by atoms with Gasteiger partial charge in [0.2, 0.25) is 0 Å². The lowest BCUT2D eigenvalue weighted by atomic mass is 10.1. The van der Waals surface area contributed by atoms with Crippen LogP contribution in [0.5, 0.6) is 0 Å². The number of hydrogen-bond donors (Lipinski definition) is 0. The van der Waals surface area contributed by atoms with Crippen molar-refractivity contribution in [1.82, 2.24) is 14.9 Å². The molecular weight excluding hydrogens is 310 g/mol. The lowest BCUT2D eigenvalue weighted by Crippen LogP contribution is -2.46. The van der Waals surface area contributed by atoms with Gasteiger partial charge < -0.3 is 4.90 Å². The molecule has 4 rings (SSSR count). The molecule has 5 nitrogen and oxygen atoms in total. The number of aromatic nitrogens is 2. The third kappa shape index (κ3) is 3.35. The third-order valence-electron chi connectivity index (χ3n) is 5.18. The molecule has 1 aromatic heterocycles. The Bertz CT molecular complexity index is 798. The van der Waals surface area contributed by atoms with Gasteiger partial charge in [-0.3, -0.25) is 4.90 Å². The smallest absolute Gasteiger partial charge is 0.135 e. The first-order valence-electron chi connectivity index (χ1n) is 9.05. The number of aryl methyl sites for hydroxylation is 2. The zero-order valence-corrected chi connectivity index (χ0v) is 14.7. The molecule has 0 saturated carbocycles. The monoisotopic (exact) mass is 333 g/mol. The standard InChI is InChI=1S/C20H23N5/c1-15-22-19-4-2-3-18(19)20(23-15)25-11-9-24(10-12-25)14-17-7-5-16(13-21)6-8-17/h5-8H,2-4,9-12,14H2,1H3. The van der Waals surface area contributed by atoms with E-state index in [-0.39, 0.29) is 0 Å². The van der Waals surface area contributed by atoms with Crippen LogP contribution in [0.3, 0.4) is 0 Å². The first kappa shape index (κ1) is 16.0. The summed E-state index contributed by atoms with van der Waals surface area (Å²) in [6.07, 6.45) is 3.43. The number of nitrogens with zero attached hydrogens (tertiary/aromatic N) is 5. The summed E-state index contributed by atoms with van der Waals surface area (Å²) in [6.45, 7) is 7.05. The van der Waals surface area contributed by atoms with E-state index in [1.165, 1.54) is 29.1 Å². The highest BCUT2D eigenvalue weighted by Crippen LogP contribution is 2.29. The maximum atomic E-state index is 8.90. The van der Waals surface area contributed by atoms with Crippen LogP contribution in [-0.4, -0.2) is 41.0 Å². The molecule has 128 valence electrons. The van der Waals surface area contributed by atoms with Gasteiger partial charge in [-0.25, -0.2) is 9.97 Å². The summed E-state index contributed by atoms with van der Waals surface area (Å²) in [6, 6.07) is 10.1. The topological polar surface area (TPSA) is 56.1 Å². The average molecular weight is 333 g/mol. The Hall–Kier alpha value is -2.45. The molecule has 2 aromatic rings. The van der Waals surface area contributed by atoms with Crippen molar-refractivity contribution < 1.29 is 0 Å². The number of nitriles is 1. The van der Waals surface area contributed by atoms with Gasteiger partial charge in [-0.05, 0) is 43.9 Å². The fourth-order valence-corrected chi connectivity index (χ4v) is 3.86. The van der Waals surface area contributed by atoms with Crippen molar-refractivity contribution in [2.24, 2.45) is 0 Å². The number of benzene rings is 1. The van der Waals surface area contributed by atoms with E-state index in [9.17, 15) is 0 Å². The van der Waals surface area contributed by atoms with Gasteiger partial charge in [0.15, 0.2) is 0 Å². The lowest BCUT2D eigenvalue weighted by Gasteiger charge is -2.36. The summed E-state index contributed by atoms with van der Waals surface area (Å²) in [5, 5.41) is 8.90. The van der Waals surface area contributed by atoms with E-state index in [0.717, 1.165) is 57.0 Å². The summed E-state index contributed by atoms with van der Waals surface area (Å²) in [5.41, 5.74) is 4.64. The molecule has 1 fully saturated rings. The molecular formula is C20H23N5. The van der Waals surface area contributed by atoms with Crippen LogP contribution in [-0.2, 0) is 19.4 Å². The van der Waals surface area contributed by atoms with Crippen molar-refractivity contribution in [2.75, 3.05) is 31.1 Å². The van der Waals surface area contributed by atoms with Crippen LogP contribution in [0.2, 0.25) is 0 Å². The van der Waals surface area contributed by atoms with E-state index in [1.807, 2.05) is 19.1 Å². The highest BCUT2D eigenvalue weighted by atomic mass is 15.3. The number of hydrogen-bond acceptors (Lipinski definition) is 5. The highest BCUT2D eigenvalue weighted by molar-refractivity contribution is 5.51. The normalized spacial score (nSPS) is 17.4. The van der Waals surface area contributed by atoms with Crippen LogP contribution in [0, 0.1) is 18.3 Å². The molecule has 0 radical (unpaired) electrons. The van der Waals surface area contributed by atoms with Gasteiger partial charge >= 0.3 is 0 Å². The Balaban J connectivity index is 1.41. The Morgan fingerprint density at radius 2 is 1.80 bits per heavy atom. The molecule has 0 atom stereocenters. The zero-order chi connectivity index (χ0) is 17.2. The summed E-state index contributed by atoms with van der Waals surface area (Å²) in [5.74, 6) is 2.08. The van der Waals surface area contributed by atoms with E-state index in [2.05, 4.69) is 33.0 Å². The van der Waals surface area contributed by atoms with Crippen molar-refractivity contribution in [3.05, 3.63) is 52.5 Å². The van der Waals surface area contributed by atoms with Crippen LogP contribution >= 0.6 is 0 Å². The van der Waals surface area contributed by atoms with Crippen molar-refractivity contribution >= 4 is 5.82 Å². The van der Waals surface area contributed by atoms with Gasteiger partial charge in [0.25, 0.3) is 0 Å². The second-order valence-electron chi connectivity index (χ2n) is 6.95. The summed E-state index contributed by atoms with van der Waals surface area (Å²) >= 11 is 0. The Kier molecular flexibility index (Phi) is 4.37. The minimum Gasteiger partial charge on any atom is -0.354 e. The fourth-order valence-electron chi connectivity index (χ4n) is 3.86. The lowest BCUT2D eigenvalue weighted by molar-refractivity contribution is 0.249. The van der Waals surface area contributed by atoms with E-state index >= 15 is 0 Å². The summed E-state index contributed by atoms with van der Waals surface area (Å²) in [7, 11) is 0. The highest BCUT2D eigenvalue weighted by Gasteiger charge is 2.25. The third-order valence-corrected chi connectivity index (χ3v) is 5.18. The predicted molar refractivity (Wildman–Crippen MR) is 97.4 cm³/mol. The molecule has 5 heteroatoms. The largest absolute Gasteiger partial charge is 0.354 e. The molecule has 1 aromatic carbocycles. The predicted octanol–water partition coefficient (Wildman–Crippen LogP) is 2.47. The second kappa shape index (κ2) is 6.81. The Morgan fingerprint density at radius 3 is 2.52 bits per heavy atom. The zero-order valence-electron chi connectivity index (χ0n) is 14.7. The quantitative estimate of drug-likeness (QED) is 0.864. The first-order valence-corrected chi connectivity index (χ1v) is 9.05. The molecule has 0 unspecified atom stereocenters. The second-order valence-corrected chi connectivity index (χ2v) is 6.95. The first-order chi connectivity index (χ1) is 12.2. The Morgan fingerprint density at radius 1 is 1.04 bits per heavy atom. The SMILES string of the molecule is Cc1nc2c(c(N3CCN(Cc4ccc(C#N)cc4)CC3)n1)CCC2. The molecule has 1 aliphatic heterocycles. The fraction of sp³-hybridized carbons (Fsp3) is 0.450. The average Bonchev–Trinajstić information content (AvgIpc) is 3.11. The molecule has 1 saturated heterocycles. The number of anilines is 1. The minimum absolute atomic E-state index is 0.724. The van der Waals surface area contributed by atoms with E-state index < -0.39 is 0 Å². The Labute approximate surface area is 148 Å². The van der Waals surface area contributed by atoms with Crippen LogP contribution in [0.1, 0.15) is 34.6 Å². The summed E-state index contributed by atoms with van der Waals surface area (Å²) < 4.78 is 0. The van der Waals surface area contributed by atoms with Gasteiger partial charge in [-0.2, -0.15) is 5.26 Å². The molecule has 25 heavy (non-hydrogen) atoms. The maximum absolute atomic E-state index is 8.90. The van der Waals surface area contributed by atoms with E-state index in [1.54, 1.807) is 0 Å². The van der Waals surface area contributed by atoms with Gasteiger partial charge in [0.1, 0.15) is 11.6 Å². The molecule has 0 N–H and O–H groups in total. The van der Waals surface area contributed by atoms with Gasteiger partial charge in [0, 0.05) is 44.0 Å². The maximum Gasteiger partial charge on any atom is 0.135 e. The van der Waals surface area contributed by atoms with Crippen molar-refractivity contribution in [1.29, 1.82) is 5.26 Å². The van der Waals surface area contributed by atoms with E-state index in [0.29, 0.717) is 0 Å². The van der Waals surface area contributed by atoms with Crippen LogP contribution in [0.15, 0.2) is 24.3 Å². The molecule has 2 aliphatic rings. The van der Waals surface area contributed by atoms with Crippen LogP contribution in [0.25, 0.3) is 0 Å². The van der Waals surface area contributed by atoms with Gasteiger partial charge in [0.05, 0.1) is 11.6 Å². The molecule has 0 bridgehead atoms. The van der Waals surface area contributed by atoms with Crippen LogP contribution < -0.4 is 4.90 Å². The minimum atomic E-state index is 0.724.